The summed E-state index contributed by atoms with van der Waals surface area (Å²) in [5.74, 6) is -6.05. The summed E-state index contributed by atoms with van der Waals surface area (Å²) < 4.78 is 51.1. The largest absolute Gasteiger partial charge is 0.383 e. The van der Waals surface area contributed by atoms with Gasteiger partial charge in [0.15, 0.2) is 0 Å². The van der Waals surface area contributed by atoms with Crippen LogP contribution in [0.5, 0.6) is 0 Å². The number of hydrogen-bond donors (Lipinski definition) is 0. The van der Waals surface area contributed by atoms with Gasteiger partial charge in [0.1, 0.15) is 0 Å². The van der Waals surface area contributed by atoms with Crippen molar-refractivity contribution in [3.05, 3.63) is 0 Å². The zero-order valence-corrected chi connectivity index (χ0v) is 11.3. The number of hydrogen-bond acceptors (Lipinski definition) is 1. The SMILES string of the molecule is CC(C)CCN(C(=O)C(F)(F)C(F)F)C1CCCC1. The summed E-state index contributed by atoms with van der Waals surface area (Å²) in [4.78, 5) is 12.7. The van der Waals surface area contributed by atoms with Crippen LogP contribution in [0.3, 0.4) is 0 Å². The molecule has 0 atom stereocenters. The number of alkyl halides is 4. The molecule has 0 saturated heterocycles. The first kappa shape index (κ1) is 16.2. The van der Waals surface area contributed by atoms with E-state index < -0.39 is 18.3 Å². The molecule has 0 aromatic heterocycles. The van der Waals surface area contributed by atoms with Crippen LogP contribution in [0.1, 0.15) is 46.0 Å². The van der Waals surface area contributed by atoms with E-state index in [1.807, 2.05) is 13.8 Å². The molecule has 0 bridgehead atoms. The van der Waals surface area contributed by atoms with Crippen molar-refractivity contribution in [2.45, 2.75) is 64.3 Å². The van der Waals surface area contributed by atoms with Crippen LogP contribution in [0.15, 0.2) is 0 Å². The molecule has 0 spiro atoms. The van der Waals surface area contributed by atoms with Crippen molar-refractivity contribution in [1.82, 2.24) is 4.90 Å². The lowest BCUT2D eigenvalue weighted by molar-refractivity contribution is -0.183. The molecule has 0 aromatic rings. The Labute approximate surface area is 111 Å². The summed E-state index contributed by atoms with van der Waals surface area (Å²) in [6.45, 7) is 3.94. The molecule has 1 rings (SSSR count). The van der Waals surface area contributed by atoms with Gasteiger partial charge in [-0.3, -0.25) is 4.79 Å². The second-order valence-electron chi connectivity index (χ2n) is 5.54. The smallest absolute Gasteiger partial charge is 0.334 e. The van der Waals surface area contributed by atoms with Gasteiger partial charge in [-0.25, -0.2) is 8.78 Å². The van der Waals surface area contributed by atoms with Gasteiger partial charge in [-0.2, -0.15) is 8.78 Å². The van der Waals surface area contributed by atoms with Crippen molar-refractivity contribution in [2.75, 3.05) is 6.54 Å². The monoisotopic (exact) mass is 283 g/mol. The summed E-state index contributed by atoms with van der Waals surface area (Å²) in [5.41, 5.74) is 0. The molecule has 0 unspecified atom stereocenters. The molecule has 0 N–H and O–H groups in total. The number of carbonyl (C=O) groups is 1. The molecule has 112 valence electrons. The number of amides is 1. The zero-order chi connectivity index (χ0) is 14.6. The molecule has 1 aliphatic rings. The molecule has 0 radical (unpaired) electrons. The normalized spacial score (nSPS) is 17.5. The minimum absolute atomic E-state index is 0.128. The molecule has 1 fully saturated rings. The van der Waals surface area contributed by atoms with Crippen LogP contribution in [0.2, 0.25) is 0 Å². The Kier molecular flexibility index (Phi) is 5.62. The highest BCUT2D eigenvalue weighted by Crippen LogP contribution is 2.31. The molecular formula is C13H21F4NO. The molecule has 1 aliphatic carbocycles. The molecule has 6 heteroatoms. The van der Waals surface area contributed by atoms with Crippen LogP contribution in [-0.4, -0.2) is 35.7 Å². The Hall–Kier alpha value is -0.810. The third kappa shape index (κ3) is 4.08. The molecule has 0 aliphatic heterocycles. The highest BCUT2D eigenvalue weighted by molar-refractivity contribution is 5.84. The van der Waals surface area contributed by atoms with Crippen LogP contribution in [-0.2, 0) is 4.79 Å². The maximum absolute atomic E-state index is 13.2. The lowest BCUT2D eigenvalue weighted by Gasteiger charge is -2.32. The predicted molar refractivity (Wildman–Crippen MR) is 64.4 cm³/mol. The summed E-state index contributed by atoms with van der Waals surface area (Å²) in [6.07, 6.45) is -0.427. The Morgan fingerprint density at radius 3 is 2.21 bits per heavy atom. The van der Waals surface area contributed by atoms with E-state index in [2.05, 4.69) is 0 Å². The first-order valence-electron chi connectivity index (χ1n) is 6.73. The van der Waals surface area contributed by atoms with Gasteiger partial charge in [0, 0.05) is 12.6 Å². The highest BCUT2D eigenvalue weighted by Gasteiger charge is 2.52. The van der Waals surface area contributed by atoms with Gasteiger partial charge in [-0.1, -0.05) is 26.7 Å². The van der Waals surface area contributed by atoms with E-state index >= 15 is 0 Å². The van der Waals surface area contributed by atoms with Crippen molar-refractivity contribution < 1.29 is 22.4 Å². The minimum Gasteiger partial charge on any atom is -0.334 e. The zero-order valence-electron chi connectivity index (χ0n) is 11.3. The fourth-order valence-electron chi connectivity index (χ4n) is 2.35. The van der Waals surface area contributed by atoms with Crippen molar-refractivity contribution in [2.24, 2.45) is 5.92 Å². The van der Waals surface area contributed by atoms with Crippen molar-refractivity contribution >= 4 is 5.91 Å². The number of halogens is 4. The molecular weight excluding hydrogens is 262 g/mol. The highest BCUT2D eigenvalue weighted by atomic mass is 19.3. The van der Waals surface area contributed by atoms with Crippen LogP contribution in [0.25, 0.3) is 0 Å². The lowest BCUT2D eigenvalue weighted by Crippen LogP contribution is -2.51. The maximum atomic E-state index is 13.2. The summed E-state index contributed by atoms with van der Waals surface area (Å²) >= 11 is 0. The Morgan fingerprint density at radius 1 is 1.26 bits per heavy atom. The fraction of sp³-hybridized carbons (Fsp3) is 0.923. The molecule has 1 amide bonds. The van der Waals surface area contributed by atoms with E-state index in [9.17, 15) is 22.4 Å². The van der Waals surface area contributed by atoms with Crippen molar-refractivity contribution in [1.29, 1.82) is 0 Å². The van der Waals surface area contributed by atoms with E-state index in [-0.39, 0.29) is 18.5 Å². The molecule has 0 heterocycles. The van der Waals surface area contributed by atoms with Gasteiger partial charge in [0.25, 0.3) is 5.91 Å². The van der Waals surface area contributed by atoms with Crippen LogP contribution < -0.4 is 0 Å². The number of nitrogens with zero attached hydrogens (tertiary/aromatic N) is 1. The average Bonchev–Trinajstić information content (AvgIpc) is 2.82. The van der Waals surface area contributed by atoms with Crippen LogP contribution in [0.4, 0.5) is 17.6 Å². The minimum atomic E-state index is -4.57. The van der Waals surface area contributed by atoms with E-state index in [0.717, 1.165) is 17.7 Å². The van der Waals surface area contributed by atoms with E-state index in [1.54, 1.807) is 0 Å². The summed E-state index contributed by atoms with van der Waals surface area (Å²) in [7, 11) is 0. The Bertz CT molecular complexity index is 301. The first-order chi connectivity index (χ1) is 8.76. The number of rotatable bonds is 6. The molecule has 2 nitrogen and oxygen atoms in total. The summed E-state index contributed by atoms with van der Waals surface area (Å²) in [6, 6.07) is -0.309. The number of carbonyl (C=O) groups excluding carboxylic acids is 1. The second-order valence-corrected chi connectivity index (χ2v) is 5.54. The van der Waals surface area contributed by atoms with Gasteiger partial charge >= 0.3 is 12.3 Å². The standard InChI is InChI=1S/C13H21F4NO/c1-9(2)7-8-18(10-5-3-4-6-10)12(19)13(16,17)11(14)15/h9-11H,3-8H2,1-2H3. The van der Waals surface area contributed by atoms with Crippen molar-refractivity contribution in [3.63, 3.8) is 0 Å². The third-order valence-electron chi connectivity index (χ3n) is 3.53. The Balaban J connectivity index is 2.79. The van der Waals surface area contributed by atoms with E-state index in [4.69, 9.17) is 0 Å². The van der Waals surface area contributed by atoms with E-state index in [1.165, 1.54) is 0 Å². The molecule has 1 saturated carbocycles. The second kappa shape index (κ2) is 6.57. The quantitative estimate of drug-likeness (QED) is 0.681. The van der Waals surface area contributed by atoms with Crippen LogP contribution in [0, 0.1) is 5.92 Å². The average molecular weight is 283 g/mol. The van der Waals surface area contributed by atoms with Gasteiger partial charge in [0.2, 0.25) is 0 Å². The fourth-order valence-corrected chi connectivity index (χ4v) is 2.35. The van der Waals surface area contributed by atoms with Crippen LogP contribution >= 0.6 is 0 Å². The van der Waals surface area contributed by atoms with Gasteiger partial charge in [-0.05, 0) is 25.2 Å². The topological polar surface area (TPSA) is 20.3 Å². The lowest BCUT2D eigenvalue weighted by atomic mass is 10.1. The Morgan fingerprint density at radius 2 is 1.79 bits per heavy atom. The molecule has 19 heavy (non-hydrogen) atoms. The predicted octanol–water partition coefficient (Wildman–Crippen LogP) is 3.70. The van der Waals surface area contributed by atoms with Gasteiger partial charge in [-0.15, -0.1) is 0 Å². The van der Waals surface area contributed by atoms with E-state index in [0.29, 0.717) is 19.3 Å². The first-order valence-corrected chi connectivity index (χ1v) is 6.73. The molecule has 0 aromatic carbocycles. The van der Waals surface area contributed by atoms with Gasteiger partial charge in [0.05, 0.1) is 0 Å². The van der Waals surface area contributed by atoms with Gasteiger partial charge < -0.3 is 4.90 Å². The maximum Gasteiger partial charge on any atom is 0.383 e. The third-order valence-corrected chi connectivity index (χ3v) is 3.53. The van der Waals surface area contributed by atoms with Crippen molar-refractivity contribution in [3.8, 4) is 0 Å². The summed E-state index contributed by atoms with van der Waals surface area (Å²) in [5, 5.41) is 0.